The van der Waals surface area contributed by atoms with Gasteiger partial charge in [0.05, 0.1) is 17.3 Å². The quantitative estimate of drug-likeness (QED) is 0.544. The molecule has 0 bridgehead atoms. The first kappa shape index (κ1) is 20.2. The largest absolute Gasteiger partial charge is 0.494 e. The summed E-state index contributed by atoms with van der Waals surface area (Å²) in [6.07, 6.45) is 0.888. The first-order valence-electron chi connectivity index (χ1n) is 9.14. The van der Waals surface area contributed by atoms with Gasteiger partial charge in [-0.1, -0.05) is 26.0 Å². The third-order valence-electron chi connectivity index (χ3n) is 3.93. The average Bonchev–Trinajstić information content (AvgIpc) is 3.09. The molecule has 2 aromatic rings. The van der Waals surface area contributed by atoms with Crippen molar-refractivity contribution in [1.82, 2.24) is 15.6 Å². The van der Waals surface area contributed by atoms with Gasteiger partial charge in [0.1, 0.15) is 5.75 Å². The number of nitrogens with one attached hydrogen (secondary N) is 2. The number of thiazole rings is 1. The molecule has 0 radical (unpaired) electrons. The minimum Gasteiger partial charge on any atom is -0.494 e. The third-order valence-corrected chi connectivity index (χ3v) is 5.12. The SMILES string of the molecule is CCOc1cc(C)ccc1CNC(=NC)NCCc1csc(C(C)C)n1. The number of ether oxygens (including phenoxy) is 1. The van der Waals surface area contributed by atoms with Crippen molar-refractivity contribution in [2.24, 2.45) is 4.99 Å². The Kier molecular flexibility index (Phi) is 7.91. The predicted molar refractivity (Wildman–Crippen MR) is 110 cm³/mol. The summed E-state index contributed by atoms with van der Waals surface area (Å²) in [6, 6.07) is 6.28. The van der Waals surface area contributed by atoms with E-state index in [4.69, 9.17) is 4.74 Å². The van der Waals surface area contributed by atoms with E-state index in [1.54, 1.807) is 18.4 Å². The summed E-state index contributed by atoms with van der Waals surface area (Å²) in [5, 5.41) is 10.1. The Hall–Kier alpha value is -2.08. The van der Waals surface area contributed by atoms with Crippen LogP contribution in [-0.4, -0.2) is 31.1 Å². The van der Waals surface area contributed by atoms with E-state index in [-0.39, 0.29) is 0 Å². The van der Waals surface area contributed by atoms with Gasteiger partial charge in [0, 0.05) is 43.4 Å². The van der Waals surface area contributed by atoms with E-state index in [2.05, 4.69) is 65.0 Å². The van der Waals surface area contributed by atoms with E-state index in [1.165, 1.54) is 10.6 Å². The lowest BCUT2D eigenvalue weighted by atomic mass is 10.1. The molecule has 0 spiro atoms. The highest BCUT2D eigenvalue weighted by molar-refractivity contribution is 7.09. The number of guanidine groups is 1. The van der Waals surface area contributed by atoms with E-state index >= 15 is 0 Å². The number of rotatable bonds is 8. The molecule has 1 heterocycles. The second kappa shape index (κ2) is 10.2. The highest BCUT2D eigenvalue weighted by Crippen LogP contribution is 2.20. The number of hydrogen-bond acceptors (Lipinski definition) is 4. The molecule has 5 nitrogen and oxygen atoms in total. The third kappa shape index (κ3) is 6.02. The zero-order valence-corrected chi connectivity index (χ0v) is 17.2. The van der Waals surface area contributed by atoms with Crippen molar-refractivity contribution in [2.75, 3.05) is 20.2 Å². The fraction of sp³-hybridized carbons (Fsp3) is 0.500. The van der Waals surface area contributed by atoms with Crippen LogP contribution in [0.1, 0.15) is 48.5 Å². The van der Waals surface area contributed by atoms with E-state index in [9.17, 15) is 0 Å². The topological polar surface area (TPSA) is 58.5 Å². The fourth-order valence-electron chi connectivity index (χ4n) is 2.51. The number of hydrogen-bond donors (Lipinski definition) is 2. The van der Waals surface area contributed by atoms with Crippen LogP contribution in [0.3, 0.4) is 0 Å². The van der Waals surface area contributed by atoms with Crippen molar-refractivity contribution in [3.05, 3.63) is 45.4 Å². The van der Waals surface area contributed by atoms with Crippen molar-refractivity contribution in [3.8, 4) is 5.75 Å². The van der Waals surface area contributed by atoms with Gasteiger partial charge in [0.2, 0.25) is 0 Å². The van der Waals surface area contributed by atoms with Crippen molar-refractivity contribution < 1.29 is 4.74 Å². The Morgan fingerprint density at radius 2 is 2.12 bits per heavy atom. The molecule has 2 N–H and O–H groups in total. The van der Waals surface area contributed by atoms with Crippen LogP contribution in [-0.2, 0) is 13.0 Å². The van der Waals surface area contributed by atoms with E-state index in [0.29, 0.717) is 19.1 Å². The Bertz CT molecular complexity index is 724. The first-order valence-corrected chi connectivity index (χ1v) is 10.0. The van der Waals surface area contributed by atoms with Gasteiger partial charge in [-0.25, -0.2) is 4.98 Å². The van der Waals surface area contributed by atoms with Crippen LogP contribution in [0.4, 0.5) is 0 Å². The van der Waals surface area contributed by atoms with Gasteiger partial charge >= 0.3 is 0 Å². The maximum atomic E-state index is 5.74. The van der Waals surface area contributed by atoms with E-state index < -0.39 is 0 Å². The zero-order chi connectivity index (χ0) is 18.9. The standard InChI is InChI=1S/C20H30N4OS/c1-6-25-18-11-15(4)7-8-16(18)12-23-20(21-5)22-10-9-17-13-26-19(24-17)14(2)3/h7-8,11,13-14H,6,9-10,12H2,1-5H3,(H2,21,22,23). The Morgan fingerprint density at radius 3 is 2.77 bits per heavy atom. The van der Waals surface area contributed by atoms with Gasteiger partial charge in [-0.05, 0) is 25.5 Å². The van der Waals surface area contributed by atoms with Crippen LogP contribution in [0.2, 0.25) is 0 Å². The van der Waals surface area contributed by atoms with Gasteiger partial charge < -0.3 is 15.4 Å². The fourth-order valence-corrected chi connectivity index (χ4v) is 3.38. The summed E-state index contributed by atoms with van der Waals surface area (Å²) < 4.78 is 5.74. The lowest BCUT2D eigenvalue weighted by Crippen LogP contribution is -2.38. The maximum absolute atomic E-state index is 5.74. The number of nitrogens with zero attached hydrogens (tertiary/aromatic N) is 2. The van der Waals surface area contributed by atoms with Crippen LogP contribution in [0.5, 0.6) is 5.75 Å². The van der Waals surface area contributed by atoms with Gasteiger partial charge in [0.15, 0.2) is 5.96 Å². The number of aliphatic imine (C=N–C) groups is 1. The zero-order valence-electron chi connectivity index (χ0n) is 16.4. The number of aromatic nitrogens is 1. The average molecular weight is 375 g/mol. The molecule has 0 atom stereocenters. The molecule has 2 rings (SSSR count). The van der Waals surface area contributed by atoms with E-state index in [1.807, 2.05) is 6.92 Å². The summed E-state index contributed by atoms with van der Waals surface area (Å²) >= 11 is 1.74. The Morgan fingerprint density at radius 1 is 1.31 bits per heavy atom. The van der Waals surface area contributed by atoms with Gasteiger partial charge in [0.25, 0.3) is 0 Å². The minimum absolute atomic E-state index is 0.491. The molecule has 0 aliphatic heterocycles. The molecule has 6 heteroatoms. The highest BCUT2D eigenvalue weighted by Gasteiger charge is 2.07. The Labute approximate surface area is 160 Å². The monoisotopic (exact) mass is 374 g/mol. The highest BCUT2D eigenvalue weighted by atomic mass is 32.1. The molecule has 26 heavy (non-hydrogen) atoms. The lowest BCUT2D eigenvalue weighted by molar-refractivity contribution is 0.336. The molecule has 0 aliphatic rings. The molecule has 0 saturated heterocycles. The van der Waals surface area contributed by atoms with Crippen molar-refractivity contribution in [1.29, 1.82) is 0 Å². The smallest absolute Gasteiger partial charge is 0.191 e. The van der Waals surface area contributed by atoms with Crippen molar-refractivity contribution >= 4 is 17.3 Å². The maximum Gasteiger partial charge on any atom is 0.191 e. The first-order chi connectivity index (χ1) is 12.5. The van der Waals surface area contributed by atoms with Crippen LogP contribution in [0.25, 0.3) is 0 Å². The van der Waals surface area contributed by atoms with Crippen molar-refractivity contribution in [3.63, 3.8) is 0 Å². The number of aryl methyl sites for hydroxylation is 1. The molecule has 0 unspecified atom stereocenters. The molecule has 1 aromatic heterocycles. The van der Waals surface area contributed by atoms with Gasteiger partial charge in [-0.3, -0.25) is 4.99 Å². The molecule has 0 amide bonds. The normalized spacial score (nSPS) is 11.7. The molecular formula is C20H30N4OS. The summed E-state index contributed by atoms with van der Waals surface area (Å²) in [5.41, 5.74) is 3.46. The summed E-state index contributed by atoms with van der Waals surface area (Å²) in [4.78, 5) is 8.96. The summed E-state index contributed by atoms with van der Waals surface area (Å²) in [6.45, 7) is 10.6. The van der Waals surface area contributed by atoms with Crippen LogP contribution in [0, 0.1) is 6.92 Å². The second-order valence-corrected chi connectivity index (χ2v) is 7.37. The van der Waals surface area contributed by atoms with Crippen LogP contribution in [0.15, 0.2) is 28.6 Å². The molecule has 1 aromatic carbocycles. The van der Waals surface area contributed by atoms with Gasteiger partial charge in [-0.15, -0.1) is 11.3 Å². The van der Waals surface area contributed by atoms with Crippen LogP contribution >= 0.6 is 11.3 Å². The lowest BCUT2D eigenvalue weighted by Gasteiger charge is -2.14. The molecule has 142 valence electrons. The van der Waals surface area contributed by atoms with E-state index in [0.717, 1.165) is 35.9 Å². The molecular weight excluding hydrogens is 344 g/mol. The second-order valence-electron chi connectivity index (χ2n) is 6.48. The Balaban J connectivity index is 1.84. The molecule has 0 saturated carbocycles. The summed E-state index contributed by atoms with van der Waals surface area (Å²) in [5.74, 6) is 2.21. The van der Waals surface area contributed by atoms with Crippen molar-refractivity contribution in [2.45, 2.75) is 46.6 Å². The number of benzene rings is 1. The van der Waals surface area contributed by atoms with Crippen LogP contribution < -0.4 is 15.4 Å². The predicted octanol–water partition coefficient (Wildman–Crippen LogP) is 3.88. The molecule has 0 fully saturated rings. The van der Waals surface area contributed by atoms with Gasteiger partial charge in [-0.2, -0.15) is 0 Å². The minimum atomic E-state index is 0.491. The summed E-state index contributed by atoms with van der Waals surface area (Å²) in [7, 11) is 1.79. The molecule has 0 aliphatic carbocycles.